The Morgan fingerprint density at radius 2 is 1.54 bits per heavy atom. The van der Waals surface area contributed by atoms with Crippen LogP contribution in [0.1, 0.15) is 55.8 Å². The molecular weight excluding hydrogens is 378 g/mol. The molecule has 0 heterocycles. The Labute approximate surface area is 166 Å². The molecule has 0 saturated heterocycles. The van der Waals surface area contributed by atoms with Gasteiger partial charge in [0.25, 0.3) is 0 Å². The third-order valence-corrected chi connectivity index (χ3v) is 7.20. The fourth-order valence-corrected chi connectivity index (χ4v) is 6.42. The first kappa shape index (κ1) is 19.4. The number of Topliss-reactive ketones (excluding diaryl/α,β-unsaturated/α-hetero) is 1. The Morgan fingerprint density at radius 3 is 2.00 bits per heavy atom. The largest absolute Gasteiger partial charge is 0.454 e. The average molecular weight is 406 g/mol. The van der Waals surface area contributed by atoms with Gasteiger partial charge in [0, 0.05) is 11.3 Å². The van der Waals surface area contributed by atoms with E-state index >= 15 is 0 Å². The summed E-state index contributed by atoms with van der Waals surface area (Å²) in [4.78, 5) is 25.7. The molecule has 1 atom stereocenters. The number of nitrogens with one attached hydrogen (secondary N) is 1. The second-order valence-electron chi connectivity index (χ2n) is 9.06. The molecule has 0 unspecified atom stereocenters. The maximum Gasteiger partial charge on any atom is 0.312 e. The van der Waals surface area contributed by atoms with Crippen molar-refractivity contribution in [2.24, 2.45) is 23.2 Å². The van der Waals surface area contributed by atoms with Gasteiger partial charge in [0.15, 0.2) is 6.10 Å². The molecule has 4 aliphatic carbocycles. The summed E-state index contributed by atoms with van der Waals surface area (Å²) in [6.45, 7) is 1.61. The molecule has 0 amide bonds. The molecule has 0 aromatic heterocycles. The second-order valence-corrected chi connectivity index (χ2v) is 10.8. The summed E-state index contributed by atoms with van der Waals surface area (Å²) in [5, 5.41) is 0. The quantitative estimate of drug-likeness (QED) is 0.579. The van der Waals surface area contributed by atoms with Crippen molar-refractivity contribution in [1.29, 1.82) is 0 Å². The van der Waals surface area contributed by atoms with E-state index in [1.807, 2.05) is 0 Å². The summed E-state index contributed by atoms with van der Waals surface area (Å²) in [6.07, 6.45) is 6.67. The van der Waals surface area contributed by atoms with E-state index in [1.165, 1.54) is 31.4 Å². The molecule has 0 radical (unpaired) electrons. The Morgan fingerprint density at radius 1 is 1.04 bits per heavy atom. The van der Waals surface area contributed by atoms with E-state index in [0.717, 1.165) is 25.5 Å². The zero-order valence-corrected chi connectivity index (χ0v) is 17.1. The minimum Gasteiger partial charge on any atom is -0.454 e. The second kappa shape index (κ2) is 6.87. The molecule has 4 saturated carbocycles. The van der Waals surface area contributed by atoms with Gasteiger partial charge in [-0.25, -0.2) is 8.42 Å². The number of hydrogen-bond acceptors (Lipinski definition) is 5. The van der Waals surface area contributed by atoms with Gasteiger partial charge in [0.05, 0.1) is 11.7 Å². The van der Waals surface area contributed by atoms with Crippen LogP contribution in [0.5, 0.6) is 0 Å². The number of carbonyl (C=O) groups excluding carboxylic acids is 2. The smallest absolute Gasteiger partial charge is 0.312 e. The number of ketones is 1. The fraction of sp³-hybridized carbons (Fsp3) is 0.619. The molecule has 152 valence electrons. The lowest BCUT2D eigenvalue weighted by Crippen LogP contribution is -2.51. The van der Waals surface area contributed by atoms with Crippen LogP contribution in [-0.2, 0) is 19.6 Å². The van der Waals surface area contributed by atoms with Crippen molar-refractivity contribution < 1.29 is 22.7 Å². The summed E-state index contributed by atoms with van der Waals surface area (Å²) < 4.78 is 30.6. The SMILES string of the molecule is C[C@H](OC(=O)C12CC3CC(CC(C3)C1)C2)C(=O)c1ccc(NS(C)(=O)=O)cc1. The monoisotopic (exact) mass is 405 g/mol. The van der Waals surface area contributed by atoms with Gasteiger partial charge in [-0.15, -0.1) is 0 Å². The molecule has 5 rings (SSSR count). The third kappa shape index (κ3) is 3.81. The normalized spacial score (nSPS) is 32.0. The fourth-order valence-electron chi connectivity index (χ4n) is 5.85. The number of esters is 1. The van der Waals surface area contributed by atoms with E-state index in [1.54, 1.807) is 19.1 Å². The van der Waals surface area contributed by atoms with Gasteiger partial charge >= 0.3 is 5.97 Å². The van der Waals surface area contributed by atoms with Crippen molar-refractivity contribution in [2.45, 2.75) is 51.6 Å². The van der Waals surface area contributed by atoms with Crippen molar-refractivity contribution in [3.8, 4) is 0 Å². The molecule has 4 fully saturated rings. The van der Waals surface area contributed by atoms with Crippen molar-refractivity contribution >= 4 is 27.5 Å². The summed E-state index contributed by atoms with van der Waals surface area (Å²) in [7, 11) is -3.37. The van der Waals surface area contributed by atoms with E-state index in [4.69, 9.17) is 4.74 Å². The molecule has 6 nitrogen and oxygen atoms in total. The van der Waals surface area contributed by atoms with Gasteiger partial charge in [0.1, 0.15) is 0 Å². The Hall–Kier alpha value is -1.89. The maximum absolute atomic E-state index is 13.0. The highest BCUT2D eigenvalue weighted by Gasteiger charge is 2.55. The number of ether oxygens (including phenoxy) is 1. The van der Waals surface area contributed by atoms with Gasteiger partial charge in [-0.3, -0.25) is 14.3 Å². The standard InChI is InChI=1S/C21H27NO5S/c1-13(19(23)17-3-5-18(6-4-17)22-28(2,25)26)27-20(24)21-10-14-7-15(11-21)9-16(8-14)12-21/h3-6,13-16,22H,7-12H2,1-2H3/t13-,14?,15?,16?,21?/m0/s1. The Balaban J connectivity index is 1.41. The van der Waals surface area contributed by atoms with Gasteiger partial charge in [-0.1, -0.05) is 0 Å². The van der Waals surface area contributed by atoms with Crippen LogP contribution in [-0.4, -0.2) is 32.5 Å². The van der Waals surface area contributed by atoms with Crippen LogP contribution in [0.3, 0.4) is 0 Å². The van der Waals surface area contributed by atoms with E-state index in [9.17, 15) is 18.0 Å². The highest BCUT2D eigenvalue weighted by atomic mass is 32.2. The van der Waals surface area contributed by atoms with Crippen LogP contribution in [0.4, 0.5) is 5.69 Å². The van der Waals surface area contributed by atoms with Crippen molar-refractivity contribution in [3.05, 3.63) is 29.8 Å². The molecule has 1 aromatic rings. The third-order valence-electron chi connectivity index (χ3n) is 6.60. The highest BCUT2D eigenvalue weighted by Crippen LogP contribution is 2.60. The zero-order valence-electron chi connectivity index (χ0n) is 16.3. The van der Waals surface area contributed by atoms with E-state index in [2.05, 4.69) is 4.72 Å². The molecule has 4 bridgehead atoms. The molecule has 1 N–H and O–H groups in total. The van der Waals surface area contributed by atoms with Crippen LogP contribution in [0.25, 0.3) is 0 Å². The summed E-state index contributed by atoms with van der Waals surface area (Å²) >= 11 is 0. The summed E-state index contributed by atoms with van der Waals surface area (Å²) in [5.41, 5.74) is 0.397. The molecular formula is C21H27NO5S. The predicted octanol–water partition coefficient (Wildman–Crippen LogP) is 3.39. The van der Waals surface area contributed by atoms with Crippen LogP contribution >= 0.6 is 0 Å². The van der Waals surface area contributed by atoms with Crippen molar-refractivity contribution in [1.82, 2.24) is 0 Å². The van der Waals surface area contributed by atoms with Crippen molar-refractivity contribution in [2.75, 3.05) is 11.0 Å². The Bertz CT molecular complexity index is 855. The number of sulfonamides is 1. The number of hydrogen-bond donors (Lipinski definition) is 1. The van der Waals surface area contributed by atoms with E-state index in [-0.39, 0.29) is 17.2 Å². The van der Waals surface area contributed by atoms with Gasteiger partial charge in [-0.05, 0) is 87.5 Å². The van der Waals surface area contributed by atoms with E-state index in [0.29, 0.717) is 29.0 Å². The van der Waals surface area contributed by atoms with Crippen LogP contribution in [0, 0.1) is 23.2 Å². The number of carbonyl (C=O) groups is 2. The zero-order chi connectivity index (χ0) is 20.1. The number of benzene rings is 1. The first-order chi connectivity index (χ1) is 13.1. The van der Waals surface area contributed by atoms with Gasteiger partial charge in [0.2, 0.25) is 15.8 Å². The Kier molecular flexibility index (Phi) is 4.76. The first-order valence-corrected chi connectivity index (χ1v) is 11.9. The first-order valence-electron chi connectivity index (χ1n) is 9.97. The lowest BCUT2D eigenvalue weighted by atomic mass is 9.49. The predicted molar refractivity (Wildman–Crippen MR) is 105 cm³/mol. The minimum absolute atomic E-state index is 0.206. The van der Waals surface area contributed by atoms with Crippen LogP contribution < -0.4 is 4.72 Å². The maximum atomic E-state index is 13.0. The molecule has 4 aliphatic rings. The number of anilines is 1. The molecule has 0 spiro atoms. The molecule has 28 heavy (non-hydrogen) atoms. The summed E-state index contributed by atoms with van der Waals surface area (Å²) in [5.74, 6) is 1.44. The molecule has 7 heteroatoms. The van der Waals surface area contributed by atoms with E-state index < -0.39 is 16.1 Å². The minimum atomic E-state index is -3.37. The summed E-state index contributed by atoms with van der Waals surface area (Å²) in [6, 6.07) is 6.15. The lowest BCUT2D eigenvalue weighted by molar-refractivity contribution is -0.174. The van der Waals surface area contributed by atoms with Gasteiger partial charge < -0.3 is 4.74 Å². The molecule has 1 aromatic carbocycles. The molecule has 0 aliphatic heterocycles. The number of rotatable bonds is 6. The topological polar surface area (TPSA) is 89.5 Å². The van der Waals surface area contributed by atoms with Crippen LogP contribution in [0.2, 0.25) is 0 Å². The van der Waals surface area contributed by atoms with Crippen LogP contribution in [0.15, 0.2) is 24.3 Å². The van der Waals surface area contributed by atoms with Crippen molar-refractivity contribution in [3.63, 3.8) is 0 Å². The van der Waals surface area contributed by atoms with Gasteiger partial charge in [-0.2, -0.15) is 0 Å². The highest BCUT2D eigenvalue weighted by molar-refractivity contribution is 7.92. The lowest BCUT2D eigenvalue weighted by Gasteiger charge is -2.55. The average Bonchev–Trinajstić information content (AvgIpc) is 2.59.